The van der Waals surface area contributed by atoms with Crippen LogP contribution in [0.2, 0.25) is 0 Å². The smallest absolute Gasteiger partial charge is 0.307 e. The number of rotatable bonds is 3. The molecule has 0 amide bonds. The standard InChI is InChI=1S/C12H10N2O3/c15-10-4-2-1-3-9(10)12-13-6-8(7-14-12)5-11(16)17/h1-4,6-7,15H,5H2,(H,16,17). The van der Waals surface area contributed by atoms with Crippen LogP contribution in [0.25, 0.3) is 11.4 Å². The number of hydrogen-bond donors (Lipinski definition) is 2. The van der Waals surface area contributed by atoms with Gasteiger partial charge in [-0.15, -0.1) is 0 Å². The molecule has 1 aromatic carbocycles. The summed E-state index contributed by atoms with van der Waals surface area (Å²) in [6.45, 7) is 0. The molecule has 0 fully saturated rings. The van der Waals surface area contributed by atoms with Crippen LogP contribution in [0.15, 0.2) is 36.7 Å². The largest absolute Gasteiger partial charge is 0.507 e. The van der Waals surface area contributed by atoms with E-state index in [1.807, 2.05) is 0 Å². The van der Waals surface area contributed by atoms with E-state index in [-0.39, 0.29) is 12.2 Å². The van der Waals surface area contributed by atoms with Crippen molar-refractivity contribution in [3.63, 3.8) is 0 Å². The minimum absolute atomic E-state index is 0.0958. The maximum absolute atomic E-state index is 10.5. The van der Waals surface area contributed by atoms with Crippen molar-refractivity contribution >= 4 is 5.97 Å². The summed E-state index contributed by atoms with van der Waals surface area (Å²) in [7, 11) is 0. The summed E-state index contributed by atoms with van der Waals surface area (Å²) in [6.07, 6.45) is 2.78. The Morgan fingerprint density at radius 2 is 1.82 bits per heavy atom. The number of para-hydroxylation sites is 1. The Labute approximate surface area is 97.4 Å². The first kappa shape index (κ1) is 11.1. The molecular weight excluding hydrogens is 220 g/mol. The molecule has 0 unspecified atom stereocenters. The first-order valence-corrected chi connectivity index (χ1v) is 4.98. The van der Waals surface area contributed by atoms with Gasteiger partial charge in [0.15, 0.2) is 5.82 Å². The van der Waals surface area contributed by atoms with E-state index < -0.39 is 5.97 Å². The predicted molar refractivity (Wildman–Crippen MR) is 60.5 cm³/mol. The van der Waals surface area contributed by atoms with Gasteiger partial charge in [-0.2, -0.15) is 0 Å². The first-order chi connectivity index (χ1) is 8.16. The summed E-state index contributed by atoms with van der Waals surface area (Å²) >= 11 is 0. The Morgan fingerprint density at radius 3 is 2.41 bits per heavy atom. The summed E-state index contributed by atoms with van der Waals surface area (Å²) < 4.78 is 0. The van der Waals surface area contributed by atoms with Crippen molar-refractivity contribution < 1.29 is 15.0 Å². The average Bonchev–Trinajstić information content (AvgIpc) is 2.30. The molecule has 2 aromatic rings. The zero-order chi connectivity index (χ0) is 12.3. The molecule has 1 aromatic heterocycles. The van der Waals surface area contributed by atoms with Crippen LogP contribution in [0.4, 0.5) is 0 Å². The third-order valence-electron chi connectivity index (χ3n) is 2.21. The molecule has 0 bridgehead atoms. The molecular formula is C12H10N2O3. The van der Waals surface area contributed by atoms with E-state index in [1.54, 1.807) is 24.3 Å². The molecule has 0 aliphatic carbocycles. The fraction of sp³-hybridized carbons (Fsp3) is 0.0833. The number of nitrogens with zero attached hydrogens (tertiary/aromatic N) is 2. The van der Waals surface area contributed by atoms with Gasteiger partial charge in [-0.3, -0.25) is 4.79 Å². The number of carboxylic acids is 1. The molecule has 0 aliphatic heterocycles. The quantitative estimate of drug-likeness (QED) is 0.834. The van der Waals surface area contributed by atoms with Crippen molar-refractivity contribution in [2.75, 3.05) is 0 Å². The second-order valence-corrected chi connectivity index (χ2v) is 3.50. The van der Waals surface area contributed by atoms with Crippen molar-refractivity contribution in [2.45, 2.75) is 6.42 Å². The number of phenolic OH excluding ortho intramolecular Hbond substituents is 1. The van der Waals surface area contributed by atoms with Crippen LogP contribution in [0, 0.1) is 0 Å². The van der Waals surface area contributed by atoms with Gasteiger partial charge in [0.05, 0.1) is 12.0 Å². The third kappa shape index (κ3) is 2.57. The number of aromatic hydroxyl groups is 1. The van der Waals surface area contributed by atoms with E-state index in [4.69, 9.17) is 5.11 Å². The Bertz CT molecular complexity index is 538. The Balaban J connectivity index is 2.30. The van der Waals surface area contributed by atoms with Gasteiger partial charge >= 0.3 is 5.97 Å². The molecule has 0 aliphatic rings. The Hall–Kier alpha value is -2.43. The van der Waals surface area contributed by atoms with Crippen LogP contribution in [-0.2, 0) is 11.2 Å². The highest BCUT2D eigenvalue weighted by Crippen LogP contribution is 2.24. The Morgan fingerprint density at radius 1 is 1.18 bits per heavy atom. The number of carboxylic acid groups (broad SMARTS) is 1. The molecule has 2 rings (SSSR count). The highest BCUT2D eigenvalue weighted by Gasteiger charge is 2.07. The van der Waals surface area contributed by atoms with Gasteiger partial charge in [0, 0.05) is 12.4 Å². The van der Waals surface area contributed by atoms with Crippen LogP contribution < -0.4 is 0 Å². The van der Waals surface area contributed by atoms with Crippen molar-refractivity contribution in [1.29, 1.82) is 0 Å². The van der Waals surface area contributed by atoms with Gasteiger partial charge in [0.2, 0.25) is 0 Å². The predicted octanol–water partition coefficient (Wildman–Crippen LogP) is 1.48. The van der Waals surface area contributed by atoms with E-state index in [0.29, 0.717) is 17.0 Å². The molecule has 17 heavy (non-hydrogen) atoms. The van der Waals surface area contributed by atoms with Crippen LogP contribution in [0.1, 0.15) is 5.56 Å². The topological polar surface area (TPSA) is 83.3 Å². The van der Waals surface area contributed by atoms with Gasteiger partial charge in [-0.05, 0) is 17.7 Å². The second-order valence-electron chi connectivity index (χ2n) is 3.50. The molecule has 5 heteroatoms. The lowest BCUT2D eigenvalue weighted by molar-refractivity contribution is -0.136. The van der Waals surface area contributed by atoms with Crippen molar-refractivity contribution in [3.8, 4) is 17.1 Å². The summed E-state index contributed by atoms with van der Waals surface area (Å²) in [6, 6.07) is 6.71. The SMILES string of the molecule is O=C(O)Cc1cnc(-c2ccccc2O)nc1. The summed E-state index contributed by atoms with van der Waals surface area (Å²) in [5.74, 6) is -0.459. The van der Waals surface area contributed by atoms with E-state index in [2.05, 4.69) is 9.97 Å². The fourth-order valence-corrected chi connectivity index (χ4v) is 1.42. The zero-order valence-corrected chi connectivity index (χ0v) is 8.87. The van der Waals surface area contributed by atoms with Crippen LogP contribution in [-0.4, -0.2) is 26.2 Å². The normalized spacial score (nSPS) is 10.1. The van der Waals surface area contributed by atoms with Crippen molar-refractivity contribution in [1.82, 2.24) is 9.97 Å². The molecule has 0 spiro atoms. The van der Waals surface area contributed by atoms with E-state index in [0.717, 1.165) is 0 Å². The van der Waals surface area contributed by atoms with E-state index >= 15 is 0 Å². The molecule has 0 saturated heterocycles. The molecule has 86 valence electrons. The maximum atomic E-state index is 10.5. The lowest BCUT2D eigenvalue weighted by Crippen LogP contribution is -2.01. The summed E-state index contributed by atoms with van der Waals surface area (Å²) in [5, 5.41) is 18.2. The van der Waals surface area contributed by atoms with Gasteiger partial charge in [0.1, 0.15) is 5.75 Å². The number of benzene rings is 1. The third-order valence-corrected chi connectivity index (χ3v) is 2.21. The van der Waals surface area contributed by atoms with Gasteiger partial charge in [-0.25, -0.2) is 9.97 Å². The number of carbonyl (C=O) groups is 1. The van der Waals surface area contributed by atoms with Crippen LogP contribution in [0.3, 0.4) is 0 Å². The lowest BCUT2D eigenvalue weighted by atomic mass is 10.2. The lowest BCUT2D eigenvalue weighted by Gasteiger charge is -2.03. The Kier molecular flexibility index (Phi) is 3.00. The second kappa shape index (κ2) is 4.61. The molecule has 1 heterocycles. The van der Waals surface area contributed by atoms with Gasteiger partial charge in [-0.1, -0.05) is 12.1 Å². The zero-order valence-electron chi connectivity index (χ0n) is 8.87. The van der Waals surface area contributed by atoms with Crippen LogP contribution in [0.5, 0.6) is 5.75 Å². The molecule has 2 N–H and O–H groups in total. The van der Waals surface area contributed by atoms with Gasteiger partial charge in [0.25, 0.3) is 0 Å². The van der Waals surface area contributed by atoms with Crippen LogP contribution >= 0.6 is 0 Å². The highest BCUT2D eigenvalue weighted by atomic mass is 16.4. The summed E-state index contributed by atoms with van der Waals surface area (Å²) in [4.78, 5) is 18.5. The molecule has 5 nitrogen and oxygen atoms in total. The molecule has 0 atom stereocenters. The van der Waals surface area contributed by atoms with E-state index in [9.17, 15) is 9.90 Å². The van der Waals surface area contributed by atoms with Crippen molar-refractivity contribution in [3.05, 3.63) is 42.2 Å². The van der Waals surface area contributed by atoms with Gasteiger partial charge < -0.3 is 10.2 Å². The number of phenols is 1. The monoisotopic (exact) mass is 230 g/mol. The maximum Gasteiger partial charge on any atom is 0.307 e. The number of aliphatic carboxylic acids is 1. The number of hydrogen-bond acceptors (Lipinski definition) is 4. The molecule has 0 saturated carbocycles. The minimum atomic E-state index is -0.927. The fourth-order valence-electron chi connectivity index (χ4n) is 1.42. The van der Waals surface area contributed by atoms with E-state index in [1.165, 1.54) is 12.4 Å². The van der Waals surface area contributed by atoms with Crippen molar-refractivity contribution in [2.24, 2.45) is 0 Å². The highest BCUT2D eigenvalue weighted by molar-refractivity contribution is 5.70. The number of aromatic nitrogens is 2. The average molecular weight is 230 g/mol. The molecule has 0 radical (unpaired) electrons. The summed E-state index contributed by atoms with van der Waals surface area (Å²) in [5.41, 5.74) is 1.05. The first-order valence-electron chi connectivity index (χ1n) is 4.98. The minimum Gasteiger partial charge on any atom is -0.507 e.